The number of halogens is 9. The summed E-state index contributed by atoms with van der Waals surface area (Å²) in [6, 6.07) is 11.7. The Morgan fingerprint density at radius 3 is 1.12 bits per heavy atom. The summed E-state index contributed by atoms with van der Waals surface area (Å²) < 4.78 is 14.0. The number of carbonyl (C=O) groups excluding carboxylic acids is 1. The maximum Gasteiger partial charge on any atom is 0.317 e. The fraction of sp³-hybridized carbons (Fsp3) is 0.136. The summed E-state index contributed by atoms with van der Waals surface area (Å²) in [5.41, 5.74) is 0. The van der Waals surface area contributed by atoms with E-state index in [1.165, 1.54) is 0 Å². The summed E-state index contributed by atoms with van der Waals surface area (Å²) in [4.78, 5) is 15.8. The van der Waals surface area contributed by atoms with E-state index in [1.54, 1.807) is 0 Å². The molecule has 0 spiro atoms. The van der Waals surface area contributed by atoms with E-state index in [1.807, 2.05) is 43.3 Å². The maximum atomic E-state index is 13.3. The highest BCUT2D eigenvalue weighted by molar-refractivity contribution is 9.12. The number of benzene rings is 3. The molecular weight excluding hydrogens is 1050 g/mol. The molecule has 0 aliphatic heterocycles. The molecule has 0 heterocycles. The first-order valence-corrected chi connectivity index (χ1v) is 18.1. The lowest BCUT2D eigenvalue weighted by molar-refractivity contribution is -0.133. The molecule has 3 aromatic rings. The van der Waals surface area contributed by atoms with Crippen LogP contribution < -0.4 is 0 Å². The summed E-state index contributed by atoms with van der Waals surface area (Å²) in [7, 11) is -2.68. The van der Waals surface area contributed by atoms with E-state index in [4.69, 9.17) is 4.18 Å². The molecule has 0 aliphatic carbocycles. The zero-order valence-electron chi connectivity index (χ0n) is 17.0. The fourth-order valence-electron chi connectivity index (χ4n) is 3.23. The third kappa shape index (κ3) is 6.33. The minimum Gasteiger partial charge on any atom is -0.402 e. The first-order valence-electron chi connectivity index (χ1n) is 9.41. The van der Waals surface area contributed by atoms with E-state index in [2.05, 4.69) is 143 Å². The van der Waals surface area contributed by atoms with Gasteiger partial charge in [0.05, 0.1) is 14.7 Å². The zero-order chi connectivity index (χ0) is 25.4. The predicted octanol–water partition coefficient (Wildman–Crippen LogP) is 13.1. The van der Waals surface area contributed by atoms with Crippen LogP contribution in [0.5, 0.6) is 0 Å². The minimum atomic E-state index is -2.68. The zero-order valence-corrected chi connectivity index (χ0v) is 32.1. The van der Waals surface area contributed by atoms with Crippen molar-refractivity contribution in [1.82, 2.24) is 0 Å². The first kappa shape index (κ1) is 30.3. The molecular formula is C22H13Br9O2S. The van der Waals surface area contributed by atoms with Crippen LogP contribution >= 0.6 is 154 Å². The average molecular weight is 1060 g/mol. The van der Waals surface area contributed by atoms with Gasteiger partial charge in [0.2, 0.25) is 0 Å². The van der Waals surface area contributed by atoms with Crippen LogP contribution in [0.25, 0.3) is 0 Å². The molecule has 0 atom stereocenters. The summed E-state index contributed by atoms with van der Waals surface area (Å²) in [5, 5.41) is 0. The smallest absolute Gasteiger partial charge is 0.317 e. The van der Waals surface area contributed by atoms with E-state index >= 15 is 0 Å². The van der Waals surface area contributed by atoms with Crippen molar-refractivity contribution >= 4 is 160 Å². The van der Waals surface area contributed by atoms with Gasteiger partial charge in [0.1, 0.15) is 0 Å². The van der Waals surface area contributed by atoms with Crippen molar-refractivity contribution in [2.75, 3.05) is 0 Å². The van der Waals surface area contributed by atoms with Crippen molar-refractivity contribution in [3.63, 3.8) is 0 Å². The van der Waals surface area contributed by atoms with Crippen molar-refractivity contribution in [1.29, 1.82) is 0 Å². The molecule has 0 radical (unpaired) electrons. The van der Waals surface area contributed by atoms with Crippen LogP contribution in [0, 0.1) is 0 Å². The molecule has 0 fully saturated rings. The maximum absolute atomic E-state index is 13.3. The summed E-state index contributed by atoms with van der Waals surface area (Å²) in [6.45, 7) is 1.96. The summed E-state index contributed by atoms with van der Waals surface area (Å²) in [5.74, 6) is -0.289. The molecule has 2 nitrogen and oxygen atoms in total. The van der Waals surface area contributed by atoms with Crippen molar-refractivity contribution in [2.24, 2.45) is 0 Å². The minimum absolute atomic E-state index is 0.289. The second-order valence-electron chi connectivity index (χ2n) is 6.86. The van der Waals surface area contributed by atoms with Crippen LogP contribution in [0.3, 0.4) is 0 Å². The van der Waals surface area contributed by atoms with Crippen LogP contribution in [0.15, 0.2) is 91.3 Å². The molecule has 0 aromatic heterocycles. The number of hydrogen-bond acceptors (Lipinski definition) is 2. The Morgan fingerprint density at radius 2 is 0.882 bits per heavy atom. The highest BCUT2D eigenvalue weighted by Gasteiger charge is 2.44. The lowest BCUT2D eigenvalue weighted by Gasteiger charge is -2.43. The highest BCUT2D eigenvalue weighted by Crippen LogP contribution is 2.77. The molecule has 3 aromatic carbocycles. The van der Waals surface area contributed by atoms with E-state index in [-0.39, 0.29) is 12.4 Å². The van der Waals surface area contributed by atoms with Crippen molar-refractivity contribution < 1.29 is 8.98 Å². The number of rotatable bonds is 6. The van der Waals surface area contributed by atoms with Crippen LogP contribution in [0.2, 0.25) is 0 Å². The first-order chi connectivity index (χ1) is 15.9. The molecule has 182 valence electrons. The van der Waals surface area contributed by atoms with E-state index in [0.29, 0.717) is 6.42 Å². The Labute approximate surface area is 275 Å². The topological polar surface area (TPSA) is 26.3 Å². The second-order valence-corrected chi connectivity index (χ2v) is 17.2. The molecule has 0 amide bonds. The van der Waals surface area contributed by atoms with Gasteiger partial charge in [0.15, 0.2) is 0 Å². The molecule has 0 N–H and O–H groups in total. The third-order valence-corrected chi connectivity index (χ3v) is 14.6. The monoisotopic (exact) mass is 1050 g/mol. The van der Waals surface area contributed by atoms with Crippen LogP contribution in [0.1, 0.15) is 19.8 Å². The molecule has 0 unspecified atom stereocenters. The van der Waals surface area contributed by atoms with Gasteiger partial charge in [-0.05, 0) is 138 Å². The molecule has 34 heavy (non-hydrogen) atoms. The lowest BCUT2D eigenvalue weighted by Crippen LogP contribution is -2.16. The molecule has 0 saturated carbocycles. The standard InChI is InChI=1S/C22H13Br9O2S/c1-2-3-19(32)33-34(20-13(26)4-10(23)5-14(20)27,21-15(28)6-11(24)7-16(21)29)22-17(30)8-12(25)9-18(22)31/h4-9H,2-3H2,1H3. The summed E-state index contributed by atoms with van der Waals surface area (Å²) in [6.07, 6.45) is 0.959. The SMILES string of the molecule is CCCC(=O)OS(c1c(Br)cc(Br)cc1Br)(c1c(Br)cc(Br)cc1Br)c1c(Br)cc(Br)cc1Br. The average Bonchev–Trinajstić information content (AvgIpc) is 2.65. The van der Waals surface area contributed by atoms with Crippen molar-refractivity contribution in [3.8, 4) is 0 Å². The van der Waals surface area contributed by atoms with Crippen molar-refractivity contribution in [3.05, 3.63) is 76.7 Å². The van der Waals surface area contributed by atoms with Gasteiger partial charge >= 0.3 is 5.97 Å². The van der Waals surface area contributed by atoms with Gasteiger partial charge in [0.25, 0.3) is 0 Å². The van der Waals surface area contributed by atoms with Gasteiger partial charge < -0.3 is 4.18 Å². The van der Waals surface area contributed by atoms with Crippen LogP contribution in [-0.4, -0.2) is 5.97 Å². The Bertz CT molecular complexity index is 1070. The summed E-state index contributed by atoms with van der Waals surface area (Å²) >= 11 is 33.4. The Morgan fingerprint density at radius 1 is 0.618 bits per heavy atom. The van der Waals surface area contributed by atoms with Gasteiger partial charge in [-0.1, -0.05) is 54.7 Å². The fourth-order valence-corrected chi connectivity index (χ4v) is 17.3. The molecule has 0 bridgehead atoms. The van der Waals surface area contributed by atoms with E-state index in [0.717, 1.165) is 54.9 Å². The molecule has 3 rings (SSSR count). The third-order valence-electron chi connectivity index (χ3n) is 4.42. The van der Waals surface area contributed by atoms with Crippen LogP contribution in [0.4, 0.5) is 0 Å². The Kier molecular flexibility index (Phi) is 11.4. The predicted molar refractivity (Wildman–Crippen MR) is 172 cm³/mol. The van der Waals surface area contributed by atoms with E-state index in [9.17, 15) is 4.79 Å². The van der Waals surface area contributed by atoms with Gasteiger partial charge in [-0.25, -0.2) is 0 Å². The number of carbonyl (C=O) groups is 1. The van der Waals surface area contributed by atoms with E-state index < -0.39 is 10.3 Å². The van der Waals surface area contributed by atoms with Gasteiger partial charge in [0, 0.05) is 57.0 Å². The normalized spacial score (nSPS) is 12.1. The lowest BCUT2D eigenvalue weighted by atomic mass is 10.3. The largest absolute Gasteiger partial charge is 0.402 e. The Balaban J connectivity index is 2.64. The van der Waals surface area contributed by atoms with Gasteiger partial charge in [-0.15, -0.1) is 0 Å². The molecule has 0 saturated heterocycles. The molecule has 0 aliphatic rings. The number of hydrogen-bond donors (Lipinski definition) is 0. The van der Waals surface area contributed by atoms with Crippen LogP contribution in [-0.2, 0) is 8.98 Å². The highest BCUT2D eigenvalue weighted by atomic mass is 79.9. The van der Waals surface area contributed by atoms with Crippen molar-refractivity contribution in [2.45, 2.75) is 34.5 Å². The second kappa shape index (κ2) is 12.8. The van der Waals surface area contributed by atoms with Gasteiger partial charge in [-0.3, -0.25) is 4.79 Å². The quantitative estimate of drug-likeness (QED) is 0.246. The van der Waals surface area contributed by atoms with Gasteiger partial charge in [-0.2, -0.15) is 0 Å². The Hall–Kier alpha value is 1.80. The molecule has 12 heteroatoms.